The van der Waals surface area contributed by atoms with Crippen LogP contribution in [0.1, 0.15) is 5.56 Å². The average Bonchev–Trinajstić information content (AvgIpc) is 2.23. The molecule has 0 heterocycles. The van der Waals surface area contributed by atoms with Gasteiger partial charge in [0.05, 0.1) is 13.7 Å². The Morgan fingerprint density at radius 1 is 1.40 bits per heavy atom. The first-order chi connectivity index (χ1) is 7.19. The van der Waals surface area contributed by atoms with Crippen LogP contribution in [0.4, 0.5) is 8.78 Å². The summed E-state index contributed by atoms with van der Waals surface area (Å²) in [6.07, 6.45) is 1.67. The van der Waals surface area contributed by atoms with E-state index in [4.69, 9.17) is 4.74 Å². The number of isocyanates is 1. The summed E-state index contributed by atoms with van der Waals surface area (Å²) in [5.74, 6) is -1.66. The van der Waals surface area contributed by atoms with Gasteiger partial charge in [-0.05, 0) is 18.1 Å². The molecule has 0 aliphatic heterocycles. The van der Waals surface area contributed by atoms with E-state index in [0.717, 1.165) is 12.1 Å². The van der Waals surface area contributed by atoms with Crippen LogP contribution in [0.25, 0.3) is 0 Å². The first-order valence-electron chi connectivity index (χ1n) is 4.24. The van der Waals surface area contributed by atoms with Crippen LogP contribution in [0, 0.1) is 11.6 Å². The maximum atomic E-state index is 12.9. The van der Waals surface area contributed by atoms with E-state index in [0.29, 0.717) is 12.0 Å². The fourth-order valence-electron chi connectivity index (χ4n) is 1.18. The largest absolute Gasteiger partial charge is 0.496 e. The highest BCUT2D eigenvalue weighted by atomic mass is 19.2. The minimum Gasteiger partial charge on any atom is -0.496 e. The summed E-state index contributed by atoms with van der Waals surface area (Å²) in [5.41, 5.74) is 0.468. The van der Waals surface area contributed by atoms with Gasteiger partial charge in [-0.1, -0.05) is 0 Å². The number of methoxy groups -OCH3 is 1. The van der Waals surface area contributed by atoms with E-state index in [1.807, 2.05) is 0 Å². The summed E-state index contributed by atoms with van der Waals surface area (Å²) >= 11 is 0. The lowest BCUT2D eigenvalue weighted by molar-refractivity contribution is 0.401. The Labute approximate surface area is 85.4 Å². The fourth-order valence-corrected chi connectivity index (χ4v) is 1.18. The molecule has 1 aromatic carbocycles. The molecule has 0 N–H and O–H groups in total. The van der Waals surface area contributed by atoms with Crippen molar-refractivity contribution >= 4 is 6.08 Å². The smallest absolute Gasteiger partial charge is 0.234 e. The summed E-state index contributed by atoms with van der Waals surface area (Å²) in [5, 5.41) is 0. The second-order valence-electron chi connectivity index (χ2n) is 2.80. The van der Waals surface area contributed by atoms with Gasteiger partial charge in [0.2, 0.25) is 6.08 Å². The number of benzene rings is 1. The molecule has 0 bridgehead atoms. The minimum atomic E-state index is -0.963. The molecule has 5 heteroatoms. The van der Waals surface area contributed by atoms with E-state index in [1.165, 1.54) is 13.2 Å². The van der Waals surface area contributed by atoms with Crippen molar-refractivity contribution in [2.24, 2.45) is 4.99 Å². The normalized spacial score (nSPS) is 9.53. The number of hydrogen-bond donors (Lipinski definition) is 0. The maximum Gasteiger partial charge on any atom is 0.234 e. The third-order valence-corrected chi connectivity index (χ3v) is 1.88. The van der Waals surface area contributed by atoms with Gasteiger partial charge in [0, 0.05) is 6.07 Å². The van der Waals surface area contributed by atoms with Gasteiger partial charge in [-0.25, -0.2) is 18.6 Å². The summed E-state index contributed by atoms with van der Waals surface area (Å²) in [6, 6.07) is 2.00. The molecule has 0 saturated carbocycles. The molecule has 3 nitrogen and oxygen atoms in total. The molecule has 0 aliphatic rings. The summed E-state index contributed by atoms with van der Waals surface area (Å²) in [4.78, 5) is 13.1. The van der Waals surface area contributed by atoms with Crippen molar-refractivity contribution in [3.8, 4) is 5.75 Å². The van der Waals surface area contributed by atoms with Crippen LogP contribution in [0.5, 0.6) is 5.75 Å². The molecular formula is C10H9F2NO2. The third-order valence-electron chi connectivity index (χ3n) is 1.88. The highest BCUT2D eigenvalue weighted by Crippen LogP contribution is 2.22. The van der Waals surface area contributed by atoms with Gasteiger partial charge in [-0.2, -0.15) is 0 Å². The highest BCUT2D eigenvalue weighted by Gasteiger charge is 2.09. The molecule has 0 radical (unpaired) electrons. The number of rotatable bonds is 4. The standard InChI is InChI=1S/C10H9F2NO2/c1-15-10-5-9(12)8(11)4-7(10)2-3-13-6-14/h4-5H,2-3H2,1H3. The van der Waals surface area contributed by atoms with Gasteiger partial charge in [0.15, 0.2) is 11.6 Å². The number of ether oxygens (including phenoxy) is 1. The number of hydrogen-bond acceptors (Lipinski definition) is 3. The average molecular weight is 213 g/mol. The topological polar surface area (TPSA) is 38.7 Å². The van der Waals surface area contributed by atoms with E-state index in [1.54, 1.807) is 0 Å². The number of halogens is 2. The Hall–Kier alpha value is -1.74. The van der Waals surface area contributed by atoms with Crippen molar-refractivity contribution in [2.75, 3.05) is 13.7 Å². The predicted octanol–water partition coefficient (Wildman–Crippen LogP) is 1.85. The van der Waals surface area contributed by atoms with Crippen molar-refractivity contribution < 1.29 is 18.3 Å². The van der Waals surface area contributed by atoms with Crippen molar-refractivity contribution in [3.63, 3.8) is 0 Å². The Morgan fingerprint density at radius 3 is 2.67 bits per heavy atom. The van der Waals surface area contributed by atoms with Gasteiger partial charge in [-0.3, -0.25) is 0 Å². The summed E-state index contributed by atoms with van der Waals surface area (Å²) < 4.78 is 30.5. The molecule has 0 amide bonds. The van der Waals surface area contributed by atoms with E-state index in [2.05, 4.69) is 4.99 Å². The Kier molecular flexibility index (Phi) is 3.94. The zero-order valence-corrected chi connectivity index (χ0v) is 8.09. The van der Waals surface area contributed by atoms with Crippen LogP contribution in [-0.4, -0.2) is 19.7 Å². The molecule has 15 heavy (non-hydrogen) atoms. The second kappa shape index (κ2) is 5.22. The first-order valence-corrected chi connectivity index (χ1v) is 4.24. The van der Waals surface area contributed by atoms with Crippen LogP contribution in [0.2, 0.25) is 0 Å². The molecule has 1 rings (SSSR count). The molecule has 0 aromatic heterocycles. The molecule has 0 spiro atoms. The van der Waals surface area contributed by atoms with Crippen LogP contribution >= 0.6 is 0 Å². The molecule has 0 unspecified atom stereocenters. The van der Waals surface area contributed by atoms with E-state index >= 15 is 0 Å². The minimum absolute atomic E-state index is 0.172. The number of aliphatic imine (C=N–C) groups is 1. The molecule has 0 aliphatic carbocycles. The quantitative estimate of drug-likeness (QED) is 0.565. The molecule has 0 atom stereocenters. The predicted molar refractivity (Wildman–Crippen MR) is 49.6 cm³/mol. The second-order valence-corrected chi connectivity index (χ2v) is 2.80. The maximum absolute atomic E-state index is 12.9. The molecule has 1 aromatic rings. The van der Waals surface area contributed by atoms with Gasteiger partial charge < -0.3 is 4.74 Å². The van der Waals surface area contributed by atoms with Crippen LogP contribution in [-0.2, 0) is 11.2 Å². The van der Waals surface area contributed by atoms with Crippen molar-refractivity contribution in [1.82, 2.24) is 0 Å². The van der Waals surface area contributed by atoms with Crippen LogP contribution < -0.4 is 4.74 Å². The first kappa shape index (κ1) is 11.3. The summed E-state index contributed by atoms with van der Waals surface area (Å²) in [7, 11) is 1.36. The molecular weight excluding hydrogens is 204 g/mol. The fraction of sp³-hybridized carbons (Fsp3) is 0.300. The van der Waals surface area contributed by atoms with Gasteiger partial charge in [0.25, 0.3) is 0 Å². The van der Waals surface area contributed by atoms with Crippen molar-refractivity contribution in [2.45, 2.75) is 6.42 Å². The zero-order chi connectivity index (χ0) is 11.3. The van der Waals surface area contributed by atoms with E-state index in [9.17, 15) is 13.6 Å². The number of carbonyl (C=O) groups excluding carboxylic acids is 1. The van der Waals surface area contributed by atoms with E-state index in [-0.39, 0.29) is 12.3 Å². The summed E-state index contributed by atoms with van der Waals surface area (Å²) in [6.45, 7) is 0.172. The Balaban J connectivity index is 2.94. The monoisotopic (exact) mass is 213 g/mol. The van der Waals surface area contributed by atoms with Gasteiger partial charge >= 0.3 is 0 Å². The highest BCUT2D eigenvalue weighted by molar-refractivity contribution is 5.36. The van der Waals surface area contributed by atoms with Crippen LogP contribution in [0.15, 0.2) is 17.1 Å². The van der Waals surface area contributed by atoms with Gasteiger partial charge in [-0.15, -0.1) is 0 Å². The Bertz CT molecular complexity index is 401. The van der Waals surface area contributed by atoms with Crippen LogP contribution in [0.3, 0.4) is 0 Å². The number of nitrogens with zero attached hydrogens (tertiary/aromatic N) is 1. The lowest BCUT2D eigenvalue weighted by Gasteiger charge is -2.07. The molecule has 0 saturated heterocycles. The lowest BCUT2D eigenvalue weighted by atomic mass is 10.1. The van der Waals surface area contributed by atoms with Crippen molar-refractivity contribution in [3.05, 3.63) is 29.3 Å². The SMILES string of the molecule is COc1cc(F)c(F)cc1CCN=C=O. The zero-order valence-electron chi connectivity index (χ0n) is 8.09. The lowest BCUT2D eigenvalue weighted by Crippen LogP contribution is -1.98. The molecule has 0 fully saturated rings. The van der Waals surface area contributed by atoms with Gasteiger partial charge in [0.1, 0.15) is 5.75 Å². The Morgan fingerprint density at radius 2 is 2.07 bits per heavy atom. The third kappa shape index (κ3) is 2.86. The van der Waals surface area contributed by atoms with E-state index < -0.39 is 11.6 Å². The van der Waals surface area contributed by atoms with Crippen molar-refractivity contribution in [1.29, 1.82) is 0 Å². The molecule has 80 valence electrons.